The Morgan fingerprint density at radius 2 is 1.63 bits per heavy atom. The first-order chi connectivity index (χ1) is 14.3. The van der Waals surface area contributed by atoms with Crippen LogP contribution in [0, 0.1) is 6.92 Å². The van der Waals surface area contributed by atoms with Gasteiger partial charge in [0.1, 0.15) is 0 Å². The van der Waals surface area contributed by atoms with Crippen molar-refractivity contribution in [3.63, 3.8) is 0 Å². The van der Waals surface area contributed by atoms with Crippen molar-refractivity contribution in [2.24, 2.45) is 0 Å². The molecule has 0 aromatic heterocycles. The summed E-state index contributed by atoms with van der Waals surface area (Å²) in [5, 5.41) is 3.11. The largest absolute Gasteiger partial charge is 0.350 e. The van der Waals surface area contributed by atoms with Crippen molar-refractivity contribution in [3.8, 4) is 0 Å². The van der Waals surface area contributed by atoms with Gasteiger partial charge in [0.2, 0.25) is 10.0 Å². The van der Waals surface area contributed by atoms with Gasteiger partial charge in [-0.25, -0.2) is 8.42 Å². The highest BCUT2D eigenvalue weighted by atomic mass is 32.2. The van der Waals surface area contributed by atoms with E-state index >= 15 is 0 Å². The Hall–Kier alpha value is -1.44. The van der Waals surface area contributed by atoms with E-state index in [9.17, 15) is 13.2 Å². The predicted molar refractivity (Wildman–Crippen MR) is 120 cm³/mol. The molecule has 1 aromatic rings. The van der Waals surface area contributed by atoms with Gasteiger partial charge >= 0.3 is 0 Å². The normalized spacial score (nSPS) is 20.7. The molecule has 1 aliphatic heterocycles. The summed E-state index contributed by atoms with van der Waals surface area (Å²) < 4.78 is 27.9. The summed E-state index contributed by atoms with van der Waals surface area (Å²) >= 11 is 0. The lowest BCUT2D eigenvalue weighted by Gasteiger charge is -2.39. The number of likely N-dealkylation sites (N-methyl/N-ethyl adjacent to an activating group) is 1. The van der Waals surface area contributed by atoms with Crippen molar-refractivity contribution in [1.29, 1.82) is 0 Å². The monoisotopic (exact) mass is 435 g/mol. The topological polar surface area (TPSA) is 69.7 Å². The molecular weight excluding hydrogens is 398 g/mol. The Bertz CT molecular complexity index is 837. The summed E-state index contributed by atoms with van der Waals surface area (Å²) in [5.41, 5.74) is 1.07. The number of carbonyl (C=O) groups excluding carboxylic acids is 1. The number of aryl methyl sites for hydroxylation is 1. The lowest BCUT2D eigenvalue weighted by Crippen LogP contribution is -2.52. The van der Waals surface area contributed by atoms with E-state index < -0.39 is 10.0 Å². The predicted octanol–water partition coefficient (Wildman–Crippen LogP) is 3.55. The zero-order valence-electron chi connectivity index (χ0n) is 18.7. The maximum absolute atomic E-state index is 13.2. The molecule has 1 heterocycles. The van der Waals surface area contributed by atoms with Crippen LogP contribution in [0.4, 0.5) is 0 Å². The van der Waals surface area contributed by atoms with Gasteiger partial charge in [-0.3, -0.25) is 4.79 Å². The molecule has 0 radical (unpaired) electrons. The number of carbonyl (C=O) groups is 1. The van der Waals surface area contributed by atoms with Crippen molar-refractivity contribution in [3.05, 3.63) is 29.3 Å². The second kappa shape index (κ2) is 9.79. The van der Waals surface area contributed by atoms with Gasteiger partial charge in [0.25, 0.3) is 5.91 Å². The van der Waals surface area contributed by atoms with Crippen LogP contribution in [0.1, 0.15) is 73.7 Å². The fraction of sp³-hybridized carbons (Fsp3) is 0.696. The standard InChI is InChI=1S/C23H37N3O3S/c1-19-11-12-20(17-21(19)30(28,29)26-15-9-6-10-16-26)22(27)24-18-23(25(2)3)13-7-4-5-8-14-23/h11-12,17H,4-10,13-16,18H2,1-3H3,(H,24,27). The van der Waals surface area contributed by atoms with Crippen LogP contribution in [-0.2, 0) is 10.0 Å². The number of amides is 1. The number of rotatable bonds is 6. The van der Waals surface area contributed by atoms with E-state index in [1.807, 2.05) is 0 Å². The Labute approximate surface area is 182 Å². The van der Waals surface area contributed by atoms with E-state index in [1.54, 1.807) is 29.4 Å². The van der Waals surface area contributed by atoms with E-state index in [1.165, 1.54) is 25.7 Å². The van der Waals surface area contributed by atoms with Crippen LogP contribution in [0.5, 0.6) is 0 Å². The highest BCUT2D eigenvalue weighted by molar-refractivity contribution is 7.89. The van der Waals surface area contributed by atoms with Gasteiger partial charge < -0.3 is 10.2 Å². The van der Waals surface area contributed by atoms with Crippen LogP contribution in [0.2, 0.25) is 0 Å². The average Bonchev–Trinajstić information content (AvgIpc) is 2.99. The van der Waals surface area contributed by atoms with Crippen molar-refractivity contribution < 1.29 is 13.2 Å². The minimum atomic E-state index is -3.57. The van der Waals surface area contributed by atoms with E-state index in [2.05, 4.69) is 24.3 Å². The molecule has 30 heavy (non-hydrogen) atoms. The first kappa shape index (κ1) is 23.2. The van der Waals surface area contributed by atoms with Crippen LogP contribution in [0.3, 0.4) is 0 Å². The van der Waals surface area contributed by atoms with Gasteiger partial charge in [-0.15, -0.1) is 0 Å². The van der Waals surface area contributed by atoms with Gasteiger partial charge in [-0.05, 0) is 64.4 Å². The van der Waals surface area contributed by atoms with Crippen LogP contribution in [0.15, 0.2) is 23.1 Å². The number of nitrogens with zero attached hydrogens (tertiary/aromatic N) is 2. The molecule has 7 heteroatoms. The molecular formula is C23H37N3O3S. The van der Waals surface area contributed by atoms with Gasteiger partial charge in [0.15, 0.2) is 0 Å². The number of hydrogen-bond acceptors (Lipinski definition) is 4. The molecule has 1 aliphatic carbocycles. The third-order valence-corrected chi connectivity index (χ3v) is 8.98. The summed E-state index contributed by atoms with van der Waals surface area (Å²) in [4.78, 5) is 15.5. The lowest BCUT2D eigenvalue weighted by atomic mass is 9.88. The number of sulfonamides is 1. The van der Waals surface area contributed by atoms with E-state index in [4.69, 9.17) is 0 Å². The van der Waals surface area contributed by atoms with Crippen LogP contribution >= 0.6 is 0 Å². The highest BCUT2D eigenvalue weighted by Crippen LogP contribution is 2.31. The first-order valence-corrected chi connectivity index (χ1v) is 12.8. The molecule has 0 bridgehead atoms. The van der Waals surface area contributed by atoms with Crippen molar-refractivity contribution in [1.82, 2.24) is 14.5 Å². The molecule has 0 unspecified atom stereocenters. The summed E-state index contributed by atoms with van der Waals surface area (Å²) in [5.74, 6) is -0.199. The van der Waals surface area contributed by atoms with Crippen molar-refractivity contribution >= 4 is 15.9 Å². The zero-order valence-corrected chi connectivity index (χ0v) is 19.6. The molecule has 1 N–H and O–H groups in total. The molecule has 6 nitrogen and oxygen atoms in total. The number of piperidine rings is 1. The molecule has 0 atom stereocenters. The number of hydrogen-bond donors (Lipinski definition) is 1. The SMILES string of the molecule is Cc1ccc(C(=O)NCC2(N(C)C)CCCCCC2)cc1S(=O)(=O)N1CCCCC1. The Balaban J connectivity index is 1.77. The van der Waals surface area contributed by atoms with Gasteiger partial charge in [-0.1, -0.05) is 38.2 Å². The van der Waals surface area contributed by atoms with Crippen molar-refractivity contribution in [2.75, 3.05) is 33.7 Å². The first-order valence-electron chi connectivity index (χ1n) is 11.3. The zero-order chi connectivity index (χ0) is 21.8. The fourth-order valence-electron chi connectivity index (χ4n) is 4.78. The van der Waals surface area contributed by atoms with E-state index in [0.29, 0.717) is 30.8 Å². The number of benzene rings is 1. The van der Waals surface area contributed by atoms with Gasteiger partial charge in [-0.2, -0.15) is 4.31 Å². The minimum absolute atomic E-state index is 0.0282. The maximum Gasteiger partial charge on any atom is 0.251 e. The van der Waals surface area contributed by atoms with Gasteiger partial charge in [0, 0.05) is 30.7 Å². The highest BCUT2D eigenvalue weighted by Gasteiger charge is 2.34. The molecule has 168 valence electrons. The van der Waals surface area contributed by atoms with Crippen LogP contribution in [0.25, 0.3) is 0 Å². The van der Waals surface area contributed by atoms with Gasteiger partial charge in [0.05, 0.1) is 4.90 Å². The summed E-state index contributed by atoms with van der Waals surface area (Å²) in [6.07, 6.45) is 9.86. The Kier molecular flexibility index (Phi) is 7.58. The molecule has 1 saturated heterocycles. The van der Waals surface area contributed by atoms with E-state index in [0.717, 1.165) is 32.1 Å². The smallest absolute Gasteiger partial charge is 0.251 e. The van der Waals surface area contributed by atoms with Crippen LogP contribution in [-0.4, -0.2) is 62.8 Å². The minimum Gasteiger partial charge on any atom is -0.350 e. The fourth-order valence-corrected chi connectivity index (χ4v) is 6.55. The molecule has 2 fully saturated rings. The Morgan fingerprint density at radius 1 is 1.03 bits per heavy atom. The maximum atomic E-state index is 13.2. The van der Waals surface area contributed by atoms with Crippen LogP contribution < -0.4 is 5.32 Å². The second-order valence-corrected chi connectivity index (χ2v) is 11.1. The summed E-state index contributed by atoms with van der Waals surface area (Å²) in [7, 11) is 0.610. The number of nitrogens with one attached hydrogen (secondary N) is 1. The molecule has 1 aromatic carbocycles. The quantitative estimate of drug-likeness (QED) is 0.694. The second-order valence-electron chi connectivity index (χ2n) is 9.16. The molecule has 1 saturated carbocycles. The summed E-state index contributed by atoms with van der Waals surface area (Å²) in [6, 6.07) is 5.04. The molecule has 3 rings (SSSR count). The molecule has 2 aliphatic rings. The Morgan fingerprint density at radius 3 is 2.23 bits per heavy atom. The molecule has 1 amide bonds. The lowest BCUT2D eigenvalue weighted by molar-refractivity contribution is 0.0869. The third kappa shape index (κ3) is 5.06. The van der Waals surface area contributed by atoms with Crippen molar-refractivity contribution in [2.45, 2.75) is 75.1 Å². The average molecular weight is 436 g/mol. The van der Waals surface area contributed by atoms with E-state index in [-0.39, 0.29) is 16.3 Å². The third-order valence-electron chi connectivity index (χ3n) is 6.94. The molecule has 0 spiro atoms. The summed E-state index contributed by atoms with van der Waals surface area (Å²) in [6.45, 7) is 3.50.